The first-order valence-electron chi connectivity index (χ1n) is 10.3. The zero-order valence-corrected chi connectivity index (χ0v) is 17.0. The van der Waals surface area contributed by atoms with Crippen LogP contribution in [0.4, 0.5) is 10.5 Å². The Bertz CT molecular complexity index is 845. The molecule has 152 valence electrons. The monoisotopic (exact) mass is 392 g/mol. The Morgan fingerprint density at radius 3 is 2.24 bits per heavy atom. The van der Waals surface area contributed by atoms with E-state index in [1.54, 1.807) is 9.80 Å². The summed E-state index contributed by atoms with van der Waals surface area (Å²) in [6.45, 7) is 7.49. The van der Waals surface area contributed by atoms with Crippen molar-refractivity contribution in [3.8, 4) is 0 Å². The first-order chi connectivity index (χ1) is 14.1. The van der Waals surface area contributed by atoms with Gasteiger partial charge in [0.05, 0.1) is 0 Å². The molecule has 0 spiro atoms. The molecule has 0 N–H and O–H groups in total. The number of aryl methyl sites for hydroxylation is 1. The summed E-state index contributed by atoms with van der Waals surface area (Å²) < 4.78 is 0. The highest BCUT2D eigenvalue weighted by atomic mass is 16.2. The van der Waals surface area contributed by atoms with E-state index in [4.69, 9.17) is 0 Å². The molecular weight excluding hydrogens is 364 g/mol. The van der Waals surface area contributed by atoms with Crippen molar-refractivity contribution < 1.29 is 9.59 Å². The zero-order chi connectivity index (χ0) is 20.2. The van der Waals surface area contributed by atoms with Crippen molar-refractivity contribution in [2.24, 2.45) is 0 Å². The van der Waals surface area contributed by atoms with Crippen LogP contribution in [0.5, 0.6) is 0 Å². The molecule has 2 aliphatic heterocycles. The molecule has 29 heavy (non-hydrogen) atoms. The van der Waals surface area contributed by atoms with Gasteiger partial charge >= 0.3 is 6.03 Å². The van der Waals surface area contributed by atoms with Crippen LogP contribution in [0, 0.1) is 6.92 Å². The Kier molecular flexibility index (Phi) is 5.81. The molecule has 6 nitrogen and oxygen atoms in total. The number of carbonyl (C=O) groups is 2. The van der Waals surface area contributed by atoms with E-state index >= 15 is 0 Å². The largest absolute Gasteiger partial charge is 0.339 e. The topological polar surface area (TPSA) is 47.1 Å². The van der Waals surface area contributed by atoms with Gasteiger partial charge in [-0.05, 0) is 24.6 Å². The molecule has 0 saturated carbocycles. The lowest BCUT2D eigenvalue weighted by molar-refractivity contribution is -0.133. The first kappa shape index (κ1) is 19.5. The summed E-state index contributed by atoms with van der Waals surface area (Å²) in [7, 11) is 0. The van der Waals surface area contributed by atoms with Crippen LogP contribution >= 0.6 is 0 Å². The van der Waals surface area contributed by atoms with Crippen LogP contribution in [-0.2, 0) is 11.3 Å². The number of urea groups is 1. The third-order valence-corrected chi connectivity index (χ3v) is 5.74. The molecule has 0 unspecified atom stereocenters. The molecule has 0 aromatic heterocycles. The molecule has 4 rings (SSSR count). The van der Waals surface area contributed by atoms with Gasteiger partial charge in [-0.15, -0.1) is 0 Å². The summed E-state index contributed by atoms with van der Waals surface area (Å²) >= 11 is 0. The molecule has 0 bridgehead atoms. The lowest BCUT2D eigenvalue weighted by Crippen LogP contribution is -2.51. The Morgan fingerprint density at radius 2 is 1.55 bits per heavy atom. The standard InChI is InChI=1S/C23H28N4O2/c1-19-7-9-21(10-8-19)27-16-15-26(23(27)29)18-22(28)25-13-11-24(12-14-25)17-20-5-3-2-4-6-20/h2-10H,11-18H2,1H3. The fourth-order valence-electron chi connectivity index (χ4n) is 3.95. The second kappa shape index (κ2) is 8.66. The maximum absolute atomic E-state index is 12.7. The van der Waals surface area contributed by atoms with Crippen molar-refractivity contribution in [3.05, 3.63) is 65.7 Å². The van der Waals surface area contributed by atoms with Crippen molar-refractivity contribution in [1.29, 1.82) is 0 Å². The number of piperazine rings is 1. The van der Waals surface area contributed by atoms with Gasteiger partial charge in [0.2, 0.25) is 5.91 Å². The lowest BCUT2D eigenvalue weighted by atomic mass is 10.2. The van der Waals surface area contributed by atoms with Gasteiger partial charge in [-0.3, -0.25) is 14.6 Å². The molecule has 2 fully saturated rings. The second-order valence-corrected chi connectivity index (χ2v) is 7.83. The van der Waals surface area contributed by atoms with Gasteiger partial charge in [0.15, 0.2) is 0 Å². The Balaban J connectivity index is 1.27. The first-order valence-corrected chi connectivity index (χ1v) is 10.3. The van der Waals surface area contributed by atoms with Crippen LogP contribution in [0.2, 0.25) is 0 Å². The van der Waals surface area contributed by atoms with Gasteiger partial charge < -0.3 is 9.80 Å². The Hall–Kier alpha value is -2.86. The summed E-state index contributed by atoms with van der Waals surface area (Å²) in [5.41, 5.74) is 3.36. The highest BCUT2D eigenvalue weighted by Crippen LogP contribution is 2.21. The van der Waals surface area contributed by atoms with E-state index in [1.165, 1.54) is 11.1 Å². The number of anilines is 1. The van der Waals surface area contributed by atoms with Crippen LogP contribution in [0.3, 0.4) is 0 Å². The molecule has 0 radical (unpaired) electrons. The van der Waals surface area contributed by atoms with Crippen LogP contribution in [0.15, 0.2) is 54.6 Å². The summed E-state index contributed by atoms with van der Waals surface area (Å²) in [6.07, 6.45) is 0. The quantitative estimate of drug-likeness (QED) is 0.786. The van der Waals surface area contributed by atoms with Gasteiger partial charge in [-0.2, -0.15) is 0 Å². The SMILES string of the molecule is Cc1ccc(N2CCN(CC(=O)N3CCN(Cc4ccccc4)CC3)C2=O)cc1. The van der Waals surface area contributed by atoms with E-state index < -0.39 is 0 Å². The van der Waals surface area contributed by atoms with Gasteiger partial charge in [-0.25, -0.2) is 4.79 Å². The van der Waals surface area contributed by atoms with E-state index in [-0.39, 0.29) is 18.5 Å². The molecule has 2 heterocycles. The average molecular weight is 393 g/mol. The summed E-state index contributed by atoms with van der Waals surface area (Å²) in [6, 6.07) is 18.3. The number of benzene rings is 2. The number of hydrogen-bond donors (Lipinski definition) is 0. The minimum Gasteiger partial charge on any atom is -0.339 e. The number of amides is 3. The number of nitrogens with zero attached hydrogens (tertiary/aromatic N) is 4. The molecule has 2 saturated heterocycles. The molecular formula is C23H28N4O2. The summed E-state index contributed by atoms with van der Waals surface area (Å²) in [4.78, 5) is 33.2. The molecule has 0 aliphatic carbocycles. The van der Waals surface area contributed by atoms with E-state index in [9.17, 15) is 9.59 Å². The molecule has 3 amide bonds. The van der Waals surface area contributed by atoms with Crippen molar-refractivity contribution in [1.82, 2.24) is 14.7 Å². The smallest absolute Gasteiger partial charge is 0.325 e. The van der Waals surface area contributed by atoms with E-state index in [1.807, 2.05) is 42.2 Å². The third-order valence-electron chi connectivity index (χ3n) is 5.74. The number of hydrogen-bond acceptors (Lipinski definition) is 3. The van der Waals surface area contributed by atoms with E-state index in [2.05, 4.69) is 29.2 Å². The molecule has 2 aromatic carbocycles. The van der Waals surface area contributed by atoms with Crippen molar-refractivity contribution in [2.45, 2.75) is 13.5 Å². The minimum absolute atomic E-state index is 0.0449. The van der Waals surface area contributed by atoms with Gasteiger partial charge in [0, 0.05) is 51.5 Å². The van der Waals surface area contributed by atoms with Crippen molar-refractivity contribution in [3.63, 3.8) is 0 Å². The van der Waals surface area contributed by atoms with Crippen molar-refractivity contribution in [2.75, 3.05) is 50.7 Å². The Morgan fingerprint density at radius 1 is 0.862 bits per heavy atom. The van der Waals surface area contributed by atoms with Crippen LogP contribution in [0.25, 0.3) is 0 Å². The molecule has 6 heteroatoms. The highest BCUT2D eigenvalue weighted by molar-refractivity contribution is 5.96. The minimum atomic E-state index is -0.0788. The summed E-state index contributed by atoms with van der Waals surface area (Å²) in [5.74, 6) is 0.0449. The van der Waals surface area contributed by atoms with Gasteiger partial charge in [0.25, 0.3) is 0 Å². The normalized spacial score (nSPS) is 17.8. The van der Waals surface area contributed by atoms with Crippen LogP contribution in [0.1, 0.15) is 11.1 Å². The van der Waals surface area contributed by atoms with Crippen LogP contribution in [-0.4, -0.2) is 72.5 Å². The van der Waals surface area contributed by atoms with Crippen LogP contribution < -0.4 is 4.90 Å². The third kappa shape index (κ3) is 4.59. The predicted octanol–water partition coefficient (Wildman–Crippen LogP) is 2.58. The maximum Gasteiger partial charge on any atom is 0.325 e. The van der Waals surface area contributed by atoms with Gasteiger partial charge in [0.1, 0.15) is 6.54 Å². The van der Waals surface area contributed by atoms with Crippen molar-refractivity contribution >= 4 is 17.6 Å². The fourth-order valence-corrected chi connectivity index (χ4v) is 3.95. The molecule has 0 atom stereocenters. The van der Waals surface area contributed by atoms with Gasteiger partial charge in [-0.1, -0.05) is 48.0 Å². The van der Waals surface area contributed by atoms with E-state index in [0.717, 1.165) is 38.4 Å². The highest BCUT2D eigenvalue weighted by Gasteiger charge is 2.32. The second-order valence-electron chi connectivity index (χ2n) is 7.83. The zero-order valence-electron chi connectivity index (χ0n) is 17.0. The number of rotatable bonds is 5. The molecule has 2 aliphatic rings. The van der Waals surface area contributed by atoms with E-state index in [0.29, 0.717) is 13.1 Å². The Labute approximate surface area is 172 Å². The number of carbonyl (C=O) groups excluding carboxylic acids is 2. The average Bonchev–Trinajstić information content (AvgIpc) is 3.10. The summed E-state index contributed by atoms with van der Waals surface area (Å²) in [5, 5.41) is 0. The molecule has 2 aromatic rings. The predicted molar refractivity (Wildman–Crippen MR) is 114 cm³/mol. The fraction of sp³-hybridized carbons (Fsp3) is 0.391. The lowest BCUT2D eigenvalue weighted by Gasteiger charge is -2.35. The maximum atomic E-state index is 12.7.